The molecule has 0 spiro atoms. The third-order valence-corrected chi connectivity index (χ3v) is 7.19. The zero-order valence-electron chi connectivity index (χ0n) is 19.4. The number of unbranched alkanes of at least 4 members (excludes halogenated alkanes) is 3. The van der Waals surface area contributed by atoms with Crippen LogP contribution in [0.15, 0.2) is 36.0 Å². The van der Waals surface area contributed by atoms with Gasteiger partial charge in [0.05, 0.1) is 13.2 Å². The van der Waals surface area contributed by atoms with Gasteiger partial charge in [-0.2, -0.15) is 0 Å². The third kappa shape index (κ3) is 5.38. The number of hydrogen-bond donors (Lipinski definition) is 0. The second-order valence-electron chi connectivity index (χ2n) is 9.42. The number of esters is 1. The first-order valence-corrected chi connectivity index (χ1v) is 11.9. The Kier molecular flexibility index (Phi) is 8.29. The van der Waals surface area contributed by atoms with Gasteiger partial charge in [0.25, 0.3) is 0 Å². The summed E-state index contributed by atoms with van der Waals surface area (Å²) >= 11 is 0. The summed E-state index contributed by atoms with van der Waals surface area (Å²) in [5, 5.41) is 0. The predicted molar refractivity (Wildman–Crippen MR) is 120 cm³/mol. The van der Waals surface area contributed by atoms with E-state index in [1.165, 1.54) is 0 Å². The molecule has 0 aromatic carbocycles. The highest BCUT2D eigenvalue weighted by Gasteiger charge is 2.53. The minimum atomic E-state index is -0.372. The molecule has 1 heterocycles. The zero-order valence-corrected chi connectivity index (χ0v) is 19.4. The van der Waals surface area contributed by atoms with Crippen LogP contribution in [0.25, 0.3) is 0 Å². The standard InChI is InChI=1S/C26H38O5/c1-5-7-8-9-11-18(3)24(28)31-23-13-12-20(25-29-14-15-30-25)26(4)17-19(10-6-2)22(27)16-21(23)26/h6,11,16,19-20,23,25H,2,5,7-10,12-15,17H2,1,3-4H3/b18-11+/t19-,20-,23-,26-/m1/s1. The first kappa shape index (κ1) is 23.9. The number of carbonyl (C=O) groups is 2. The van der Waals surface area contributed by atoms with E-state index in [0.29, 0.717) is 38.0 Å². The molecule has 0 aromatic rings. The molecule has 5 heteroatoms. The van der Waals surface area contributed by atoms with Crippen LogP contribution in [0.1, 0.15) is 72.1 Å². The van der Waals surface area contributed by atoms with Gasteiger partial charge in [-0.1, -0.05) is 38.8 Å². The summed E-state index contributed by atoms with van der Waals surface area (Å²) in [4.78, 5) is 25.6. The van der Waals surface area contributed by atoms with Crippen molar-refractivity contribution in [2.45, 2.75) is 84.5 Å². The average molecular weight is 431 g/mol. The maximum atomic E-state index is 12.8. The van der Waals surface area contributed by atoms with Crippen LogP contribution in [0, 0.1) is 17.3 Å². The van der Waals surface area contributed by atoms with E-state index in [4.69, 9.17) is 14.2 Å². The Bertz CT molecular complexity index is 730. The summed E-state index contributed by atoms with van der Waals surface area (Å²) in [5.41, 5.74) is 1.27. The molecule has 3 aliphatic rings. The van der Waals surface area contributed by atoms with Crippen molar-refractivity contribution in [2.24, 2.45) is 17.3 Å². The Labute approximate surface area is 186 Å². The van der Waals surface area contributed by atoms with Crippen LogP contribution in [-0.4, -0.2) is 37.4 Å². The van der Waals surface area contributed by atoms with Gasteiger partial charge in [-0.3, -0.25) is 4.79 Å². The number of allylic oxidation sites excluding steroid dienone is 3. The van der Waals surface area contributed by atoms with E-state index in [-0.39, 0.29) is 41.4 Å². The highest BCUT2D eigenvalue weighted by atomic mass is 16.7. The lowest BCUT2D eigenvalue weighted by Gasteiger charge is -2.51. The van der Waals surface area contributed by atoms with Gasteiger partial charge in [-0.25, -0.2) is 4.79 Å². The quantitative estimate of drug-likeness (QED) is 0.215. The summed E-state index contributed by atoms with van der Waals surface area (Å²) in [6.45, 7) is 11.2. The number of rotatable bonds is 9. The van der Waals surface area contributed by atoms with Gasteiger partial charge in [-0.05, 0) is 57.1 Å². The molecular formula is C26H38O5. The third-order valence-electron chi connectivity index (χ3n) is 7.19. The summed E-state index contributed by atoms with van der Waals surface area (Å²) in [6.07, 6.45) is 12.1. The largest absolute Gasteiger partial charge is 0.454 e. The molecular weight excluding hydrogens is 392 g/mol. The molecule has 1 saturated heterocycles. The lowest BCUT2D eigenvalue weighted by molar-refractivity contribution is -0.155. The smallest absolute Gasteiger partial charge is 0.333 e. The Morgan fingerprint density at radius 1 is 1.29 bits per heavy atom. The molecule has 0 aromatic heterocycles. The molecule has 0 unspecified atom stereocenters. The molecule has 2 fully saturated rings. The van der Waals surface area contributed by atoms with Crippen molar-refractivity contribution in [2.75, 3.05) is 13.2 Å². The molecule has 0 amide bonds. The highest BCUT2D eigenvalue weighted by molar-refractivity contribution is 5.94. The van der Waals surface area contributed by atoms with E-state index < -0.39 is 0 Å². The molecule has 0 N–H and O–H groups in total. The molecule has 0 radical (unpaired) electrons. The topological polar surface area (TPSA) is 61.8 Å². The first-order valence-electron chi connectivity index (χ1n) is 11.9. The molecule has 31 heavy (non-hydrogen) atoms. The summed E-state index contributed by atoms with van der Waals surface area (Å²) in [6, 6.07) is 0. The second-order valence-corrected chi connectivity index (χ2v) is 9.42. The molecule has 3 rings (SSSR count). The van der Waals surface area contributed by atoms with Crippen molar-refractivity contribution in [3.8, 4) is 0 Å². The number of hydrogen-bond acceptors (Lipinski definition) is 5. The Morgan fingerprint density at radius 2 is 2.03 bits per heavy atom. The fourth-order valence-corrected chi connectivity index (χ4v) is 5.38. The van der Waals surface area contributed by atoms with E-state index in [2.05, 4.69) is 20.4 Å². The van der Waals surface area contributed by atoms with Gasteiger partial charge < -0.3 is 14.2 Å². The Hall–Kier alpha value is -1.72. The van der Waals surface area contributed by atoms with Gasteiger partial charge in [0, 0.05) is 22.8 Å². The van der Waals surface area contributed by atoms with Crippen LogP contribution in [0.3, 0.4) is 0 Å². The molecule has 0 bridgehead atoms. The summed E-state index contributed by atoms with van der Waals surface area (Å²) in [5.74, 6) is -0.126. The van der Waals surface area contributed by atoms with E-state index in [0.717, 1.165) is 37.7 Å². The second kappa shape index (κ2) is 10.7. The lowest BCUT2D eigenvalue weighted by atomic mass is 9.56. The highest BCUT2D eigenvalue weighted by Crippen LogP contribution is 2.54. The maximum absolute atomic E-state index is 12.8. The van der Waals surface area contributed by atoms with E-state index in [1.807, 2.05) is 19.1 Å². The van der Waals surface area contributed by atoms with Crippen molar-refractivity contribution in [3.05, 3.63) is 36.0 Å². The lowest BCUT2D eigenvalue weighted by Crippen LogP contribution is -2.50. The van der Waals surface area contributed by atoms with Crippen molar-refractivity contribution >= 4 is 11.8 Å². The molecule has 172 valence electrons. The monoisotopic (exact) mass is 430 g/mol. The van der Waals surface area contributed by atoms with Crippen LogP contribution in [0.4, 0.5) is 0 Å². The number of ketones is 1. The van der Waals surface area contributed by atoms with Gasteiger partial charge in [0.15, 0.2) is 12.1 Å². The van der Waals surface area contributed by atoms with Crippen molar-refractivity contribution in [3.63, 3.8) is 0 Å². The van der Waals surface area contributed by atoms with Gasteiger partial charge >= 0.3 is 5.97 Å². The fourth-order valence-electron chi connectivity index (χ4n) is 5.38. The molecule has 1 aliphatic heterocycles. The van der Waals surface area contributed by atoms with Crippen LogP contribution < -0.4 is 0 Å². The SMILES string of the molecule is C=CC[C@@H]1C[C@@]2(C)C(=CC1=O)[C@H](OC(=O)/C(C)=C/CCCCC)CC[C@@H]2C1OCCO1. The van der Waals surface area contributed by atoms with E-state index in [9.17, 15) is 9.59 Å². The summed E-state index contributed by atoms with van der Waals surface area (Å²) < 4.78 is 17.7. The van der Waals surface area contributed by atoms with Crippen molar-refractivity contribution in [1.29, 1.82) is 0 Å². The average Bonchev–Trinajstić information content (AvgIpc) is 3.27. The zero-order chi connectivity index (χ0) is 22.4. The normalized spacial score (nSPS) is 31.8. The predicted octanol–water partition coefficient (Wildman–Crippen LogP) is 5.31. The number of fused-ring (bicyclic) bond motifs is 1. The maximum Gasteiger partial charge on any atom is 0.333 e. The van der Waals surface area contributed by atoms with Gasteiger partial charge in [0.1, 0.15) is 6.10 Å². The van der Waals surface area contributed by atoms with E-state index in [1.54, 1.807) is 6.08 Å². The fraction of sp³-hybridized carbons (Fsp3) is 0.692. The summed E-state index contributed by atoms with van der Waals surface area (Å²) in [7, 11) is 0. The Balaban J connectivity index is 1.80. The molecule has 5 nitrogen and oxygen atoms in total. The molecule has 1 saturated carbocycles. The van der Waals surface area contributed by atoms with Crippen LogP contribution >= 0.6 is 0 Å². The van der Waals surface area contributed by atoms with Crippen LogP contribution in [-0.2, 0) is 23.8 Å². The van der Waals surface area contributed by atoms with Crippen molar-refractivity contribution in [1.82, 2.24) is 0 Å². The molecule has 2 aliphatic carbocycles. The van der Waals surface area contributed by atoms with Gasteiger partial charge in [-0.15, -0.1) is 6.58 Å². The first-order chi connectivity index (χ1) is 14.9. The van der Waals surface area contributed by atoms with Crippen molar-refractivity contribution < 1.29 is 23.8 Å². The minimum Gasteiger partial charge on any atom is -0.454 e. The Morgan fingerprint density at radius 3 is 2.71 bits per heavy atom. The number of carbonyl (C=O) groups excluding carboxylic acids is 2. The van der Waals surface area contributed by atoms with Crippen LogP contribution in [0.5, 0.6) is 0 Å². The van der Waals surface area contributed by atoms with Gasteiger partial charge in [0.2, 0.25) is 0 Å². The minimum absolute atomic E-state index is 0.0928. The van der Waals surface area contributed by atoms with Crippen LogP contribution in [0.2, 0.25) is 0 Å². The number of ether oxygens (including phenoxy) is 3. The molecule has 4 atom stereocenters. The van der Waals surface area contributed by atoms with E-state index >= 15 is 0 Å².